The highest BCUT2D eigenvalue weighted by Gasteiger charge is 2.20. The second kappa shape index (κ2) is 7.94. The number of ether oxygens (including phenoxy) is 1. The number of Topliss-reactive ketones (excluding diaryl/α,β-unsaturated/α-hetero) is 1. The van der Waals surface area contributed by atoms with E-state index in [4.69, 9.17) is 16.3 Å². The Morgan fingerprint density at radius 1 is 1.04 bits per heavy atom. The van der Waals surface area contributed by atoms with Crippen molar-refractivity contribution in [1.29, 1.82) is 0 Å². The van der Waals surface area contributed by atoms with E-state index in [9.17, 15) is 18.0 Å². The number of hydrogen-bond acceptors (Lipinski definition) is 5. The molecule has 1 N–H and O–H groups in total. The quantitative estimate of drug-likeness (QED) is 0.480. The first-order valence-electron chi connectivity index (χ1n) is 8.11. The number of halogens is 1. The van der Waals surface area contributed by atoms with E-state index < -0.39 is 28.2 Å². The zero-order valence-electron chi connectivity index (χ0n) is 14.1. The maximum absolute atomic E-state index is 12.3. The molecule has 1 heterocycles. The van der Waals surface area contributed by atoms with E-state index in [1.165, 1.54) is 12.1 Å². The zero-order valence-corrected chi connectivity index (χ0v) is 15.7. The number of carbonyl (C=O) groups is 2. The minimum absolute atomic E-state index is 0.0330. The molecule has 140 valence electrons. The molecule has 27 heavy (non-hydrogen) atoms. The lowest BCUT2D eigenvalue weighted by molar-refractivity contribution is -0.142. The molecule has 2 aromatic carbocycles. The Morgan fingerprint density at radius 3 is 2.52 bits per heavy atom. The normalized spacial score (nSPS) is 11.4. The summed E-state index contributed by atoms with van der Waals surface area (Å²) in [4.78, 5) is 27.1. The fourth-order valence-electron chi connectivity index (χ4n) is 2.62. The number of sulfone groups is 1. The van der Waals surface area contributed by atoms with Crippen LogP contribution in [0.5, 0.6) is 0 Å². The SMILES string of the molecule is O=C(CCS(=O)(=O)c1ccccc1Cl)OCC(=O)c1c[nH]c2ccccc12. The first-order chi connectivity index (χ1) is 12.9. The molecule has 0 aliphatic carbocycles. The van der Waals surface area contributed by atoms with E-state index in [1.807, 2.05) is 12.1 Å². The van der Waals surface area contributed by atoms with Gasteiger partial charge in [-0.25, -0.2) is 8.42 Å². The number of hydrogen-bond donors (Lipinski definition) is 1. The summed E-state index contributed by atoms with van der Waals surface area (Å²) in [6, 6.07) is 13.3. The zero-order chi connectivity index (χ0) is 19.4. The summed E-state index contributed by atoms with van der Waals surface area (Å²) < 4.78 is 29.5. The van der Waals surface area contributed by atoms with Crippen LogP contribution in [0.1, 0.15) is 16.8 Å². The lowest BCUT2D eigenvalue weighted by Crippen LogP contribution is -2.17. The third-order valence-corrected chi connectivity index (χ3v) is 6.21. The number of nitrogens with one attached hydrogen (secondary N) is 1. The van der Waals surface area contributed by atoms with Gasteiger partial charge in [-0.15, -0.1) is 0 Å². The van der Waals surface area contributed by atoms with Crippen LogP contribution in [0.3, 0.4) is 0 Å². The number of benzene rings is 2. The van der Waals surface area contributed by atoms with Gasteiger partial charge in [0.25, 0.3) is 0 Å². The Kier molecular flexibility index (Phi) is 5.62. The number of rotatable bonds is 7. The molecule has 0 amide bonds. The van der Waals surface area contributed by atoms with Gasteiger partial charge in [0.2, 0.25) is 5.78 Å². The molecule has 1 aromatic heterocycles. The number of H-pyrrole nitrogens is 1. The van der Waals surface area contributed by atoms with Crippen LogP contribution >= 0.6 is 11.6 Å². The van der Waals surface area contributed by atoms with Gasteiger partial charge in [-0.3, -0.25) is 9.59 Å². The minimum atomic E-state index is -3.72. The number of ketones is 1. The van der Waals surface area contributed by atoms with Crippen molar-refractivity contribution >= 4 is 44.1 Å². The van der Waals surface area contributed by atoms with Crippen LogP contribution in [0.25, 0.3) is 10.9 Å². The van der Waals surface area contributed by atoms with Crippen molar-refractivity contribution < 1.29 is 22.7 Å². The van der Waals surface area contributed by atoms with E-state index in [0.717, 1.165) is 10.9 Å². The highest BCUT2D eigenvalue weighted by molar-refractivity contribution is 7.91. The Labute approximate surface area is 161 Å². The van der Waals surface area contributed by atoms with Crippen LogP contribution in [0, 0.1) is 0 Å². The fraction of sp³-hybridized carbons (Fsp3) is 0.158. The molecular formula is C19H16ClNO5S. The van der Waals surface area contributed by atoms with Crippen LogP contribution in [-0.2, 0) is 19.4 Å². The minimum Gasteiger partial charge on any atom is -0.457 e. The van der Waals surface area contributed by atoms with Crippen molar-refractivity contribution in [3.63, 3.8) is 0 Å². The van der Waals surface area contributed by atoms with Crippen molar-refractivity contribution in [2.24, 2.45) is 0 Å². The van der Waals surface area contributed by atoms with Gasteiger partial charge in [-0.1, -0.05) is 41.9 Å². The molecule has 0 spiro atoms. The maximum atomic E-state index is 12.3. The number of para-hydroxylation sites is 1. The fourth-order valence-corrected chi connectivity index (χ4v) is 4.42. The van der Waals surface area contributed by atoms with Crippen molar-refractivity contribution in [3.8, 4) is 0 Å². The van der Waals surface area contributed by atoms with Crippen molar-refractivity contribution in [2.75, 3.05) is 12.4 Å². The first-order valence-corrected chi connectivity index (χ1v) is 10.1. The molecule has 6 nitrogen and oxygen atoms in total. The van der Waals surface area contributed by atoms with E-state index >= 15 is 0 Å². The standard InChI is InChI=1S/C19H16ClNO5S/c20-15-6-2-4-8-18(15)27(24,25)10-9-19(23)26-12-17(22)14-11-21-16-7-3-1-5-13(14)16/h1-8,11,21H,9-10,12H2. The molecule has 0 fully saturated rings. The monoisotopic (exact) mass is 405 g/mol. The second-order valence-corrected chi connectivity index (χ2v) is 8.32. The van der Waals surface area contributed by atoms with E-state index in [-0.39, 0.29) is 22.1 Å². The molecular weight excluding hydrogens is 390 g/mol. The average molecular weight is 406 g/mol. The van der Waals surface area contributed by atoms with E-state index in [0.29, 0.717) is 5.56 Å². The molecule has 0 bridgehead atoms. The number of esters is 1. The number of aromatic nitrogens is 1. The van der Waals surface area contributed by atoms with E-state index in [1.54, 1.807) is 30.5 Å². The molecule has 0 saturated heterocycles. The predicted octanol–water partition coefficient (Wildman–Crippen LogP) is 3.41. The second-order valence-electron chi connectivity index (χ2n) is 5.83. The summed E-state index contributed by atoms with van der Waals surface area (Å²) in [5.74, 6) is -1.58. The van der Waals surface area contributed by atoms with Gasteiger partial charge in [-0.2, -0.15) is 0 Å². The molecule has 3 aromatic rings. The van der Waals surface area contributed by atoms with Gasteiger partial charge in [0.1, 0.15) is 0 Å². The Morgan fingerprint density at radius 2 is 1.74 bits per heavy atom. The van der Waals surface area contributed by atoms with Gasteiger partial charge in [0, 0.05) is 22.7 Å². The third kappa shape index (κ3) is 4.37. The third-order valence-electron chi connectivity index (χ3n) is 4.00. The molecule has 3 rings (SSSR count). The number of aromatic amines is 1. The van der Waals surface area contributed by atoms with Gasteiger partial charge in [0.05, 0.1) is 22.1 Å². The summed E-state index contributed by atoms with van der Waals surface area (Å²) in [6.07, 6.45) is 1.19. The molecule has 0 aliphatic rings. The lowest BCUT2D eigenvalue weighted by atomic mass is 10.1. The van der Waals surface area contributed by atoms with Crippen LogP contribution in [-0.4, -0.2) is 37.5 Å². The van der Waals surface area contributed by atoms with Gasteiger partial charge >= 0.3 is 5.97 Å². The molecule has 0 atom stereocenters. The topological polar surface area (TPSA) is 93.3 Å². The molecule has 0 radical (unpaired) electrons. The van der Waals surface area contributed by atoms with Gasteiger partial charge in [0.15, 0.2) is 16.4 Å². The van der Waals surface area contributed by atoms with Crippen LogP contribution in [0.15, 0.2) is 59.6 Å². The Hall–Kier alpha value is -2.64. The summed E-state index contributed by atoms with van der Waals surface area (Å²) in [5.41, 5.74) is 1.22. The maximum Gasteiger partial charge on any atom is 0.307 e. The lowest BCUT2D eigenvalue weighted by Gasteiger charge is -2.07. The highest BCUT2D eigenvalue weighted by atomic mass is 35.5. The van der Waals surface area contributed by atoms with Gasteiger partial charge < -0.3 is 9.72 Å². The van der Waals surface area contributed by atoms with Crippen LogP contribution in [0.2, 0.25) is 5.02 Å². The Bertz CT molecular complexity index is 1100. The molecule has 8 heteroatoms. The predicted molar refractivity (Wildman–Crippen MR) is 102 cm³/mol. The van der Waals surface area contributed by atoms with Crippen molar-refractivity contribution in [2.45, 2.75) is 11.3 Å². The summed E-state index contributed by atoms with van der Waals surface area (Å²) >= 11 is 5.89. The smallest absolute Gasteiger partial charge is 0.307 e. The highest BCUT2D eigenvalue weighted by Crippen LogP contribution is 2.22. The van der Waals surface area contributed by atoms with Crippen LogP contribution < -0.4 is 0 Å². The summed E-state index contributed by atoms with van der Waals surface area (Å²) in [6.45, 7) is -0.452. The van der Waals surface area contributed by atoms with E-state index in [2.05, 4.69) is 4.98 Å². The average Bonchev–Trinajstić information content (AvgIpc) is 3.09. The summed E-state index contributed by atoms with van der Waals surface area (Å²) in [5, 5.41) is 0.834. The van der Waals surface area contributed by atoms with Crippen molar-refractivity contribution in [1.82, 2.24) is 4.98 Å². The summed E-state index contributed by atoms with van der Waals surface area (Å²) in [7, 11) is -3.72. The largest absolute Gasteiger partial charge is 0.457 e. The van der Waals surface area contributed by atoms with Crippen LogP contribution in [0.4, 0.5) is 0 Å². The number of fused-ring (bicyclic) bond motifs is 1. The first kappa shape index (κ1) is 19.1. The molecule has 0 saturated carbocycles. The van der Waals surface area contributed by atoms with Gasteiger partial charge in [-0.05, 0) is 18.2 Å². The van der Waals surface area contributed by atoms with Crippen molar-refractivity contribution in [3.05, 3.63) is 65.3 Å². The Balaban J connectivity index is 1.57. The molecule has 0 aliphatic heterocycles. The molecule has 0 unspecified atom stereocenters. The number of carbonyl (C=O) groups excluding carboxylic acids is 2.